The lowest BCUT2D eigenvalue weighted by molar-refractivity contribution is 0.0933. The first-order valence-corrected chi connectivity index (χ1v) is 4.60. The fourth-order valence-corrected chi connectivity index (χ4v) is 0.977. The largest absolute Gasteiger partial charge is 0.393 e. The van der Waals surface area contributed by atoms with Crippen molar-refractivity contribution < 1.29 is 14.4 Å². The summed E-state index contributed by atoms with van der Waals surface area (Å²) in [7, 11) is 0. The van der Waals surface area contributed by atoms with E-state index in [0.29, 0.717) is 19.4 Å². The molecule has 0 radical (unpaired) electrons. The van der Waals surface area contributed by atoms with E-state index in [1.54, 1.807) is 0 Å². The maximum Gasteiger partial charge on any atom is 0.273 e. The van der Waals surface area contributed by atoms with Gasteiger partial charge in [0.25, 0.3) is 5.91 Å². The lowest BCUT2D eigenvalue weighted by Gasteiger charge is -2.07. The van der Waals surface area contributed by atoms with Gasteiger partial charge in [-0.1, -0.05) is 12.1 Å². The topological polar surface area (TPSA) is 75.4 Å². The first kappa shape index (κ1) is 10.7. The molecule has 1 amide bonds. The second-order valence-electron chi connectivity index (χ2n) is 2.99. The number of nitrogens with one attached hydrogen (secondary N) is 1. The second kappa shape index (κ2) is 5.39. The summed E-state index contributed by atoms with van der Waals surface area (Å²) in [4.78, 5) is 11.3. The quantitative estimate of drug-likeness (QED) is 0.725. The molecule has 78 valence electrons. The van der Waals surface area contributed by atoms with Crippen molar-refractivity contribution in [3.8, 4) is 0 Å². The molecule has 1 heterocycles. The standard InChI is InChI=1S/C9H14N2O3/c1-2-7(12)3-5-10-9(13)8-4-6-14-11-8/h4,6-7,12H,2-3,5H2,1H3,(H,10,13). The molecule has 1 rings (SSSR count). The summed E-state index contributed by atoms with van der Waals surface area (Å²) in [5.41, 5.74) is 0.260. The van der Waals surface area contributed by atoms with Crippen LogP contribution in [0.2, 0.25) is 0 Å². The van der Waals surface area contributed by atoms with E-state index in [1.807, 2.05) is 6.92 Å². The van der Waals surface area contributed by atoms with Crippen molar-refractivity contribution in [3.05, 3.63) is 18.0 Å². The molecular weight excluding hydrogens is 184 g/mol. The molecule has 14 heavy (non-hydrogen) atoms. The number of carbonyl (C=O) groups is 1. The molecule has 0 saturated carbocycles. The molecule has 0 bridgehead atoms. The van der Waals surface area contributed by atoms with Crippen LogP contribution in [0.5, 0.6) is 0 Å². The van der Waals surface area contributed by atoms with E-state index in [0.717, 1.165) is 0 Å². The first-order valence-electron chi connectivity index (χ1n) is 4.60. The smallest absolute Gasteiger partial charge is 0.273 e. The Balaban J connectivity index is 2.23. The average Bonchev–Trinajstić information content (AvgIpc) is 2.70. The fourth-order valence-electron chi connectivity index (χ4n) is 0.977. The Kier molecular flexibility index (Phi) is 4.12. The van der Waals surface area contributed by atoms with Crippen molar-refractivity contribution in [2.24, 2.45) is 0 Å². The van der Waals surface area contributed by atoms with E-state index in [-0.39, 0.29) is 17.7 Å². The number of nitrogens with zero attached hydrogens (tertiary/aromatic N) is 1. The number of aliphatic hydroxyl groups is 1. The molecule has 1 aromatic rings. The van der Waals surface area contributed by atoms with E-state index >= 15 is 0 Å². The van der Waals surface area contributed by atoms with Crippen molar-refractivity contribution in [2.45, 2.75) is 25.9 Å². The summed E-state index contributed by atoms with van der Waals surface area (Å²) in [5, 5.41) is 15.3. The summed E-state index contributed by atoms with van der Waals surface area (Å²) in [5.74, 6) is -0.276. The van der Waals surface area contributed by atoms with E-state index in [4.69, 9.17) is 0 Å². The van der Waals surface area contributed by atoms with Crippen molar-refractivity contribution in [1.29, 1.82) is 0 Å². The maximum absolute atomic E-state index is 11.3. The van der Waals surface area contributed by atoms with Gasteiger partial charge in [-0.15, -0.1) is 0 Å². The summed E-state index contributed by atoms with van der Waals surface area (Å²) < 4.78 is 4.52. The third-order valence-corrected chi connectivity index (χ3v) is 1.90. The lowest BCUT2D eigenvalue weighted by Crippen LogP contribution is -2.27. The van der Waals surface area contributed by atoms with E-state index < -0.39 is 0 Å². The Bertz CT molecular complexity index is 272. The van der Waals surface area contributed by atoms with Gasteiger partial charge in [-0.3, -0.25) is 4.79 Å². The van der Waals surface area contributed by atoms with Crippen LogP contribution < -0.4 is 5.32 Å². The highest BCUT2D eigenvalue weighted by Crippen LogP contribution is 1.96. The minimum Gasteiger partial charge on any atom is -0.393 e. The molecule has 0 aliphatic carbocycles. The fraction of sp³-hybridized carbons (Fsp3) is 0.556. The van der Waals surface area contributed by atoms with Gasteiger partial charge in [0, 0.05) is 12.6 Å². The van der Waals surface area contributed by atoms with Crippen LogP contribution in [0.4, 0.5) is 0 Å². The molecule has 0 aromatic carbocycles. The highest BCUT2D eigenvalue weighted by molar-refractivity contribution is 5.91. The van der Waals surface area contributed by atoms with Crippen molar-refractivity contribution in [1.82, 2.24) is 10.5 Å². The number of rotatable bonds is 5. The van der Waals surface area contributed by atoms with Gasteiger partial charge in [-0.25, -0.2) is 0 Å². The third-order valence-electron chi connectivity index (χ3n) is 1.90. The molecule has 1 aromatic heterocycles. The van der Waals surface area contributed by atoms with Crippen LogP contribution in [-0.2, 0) is 0 Å². The van der Waals surface area contributed by atoms with E-state index in [9.17, 15) is 9.90 Å². The molecule has 5 nitrogen and oxygen atoms in total. The molecule has 2 N–H and O–H groups in total. The number of hydrogen-bond acceptors (Lipinski definition) is 4. The third kappa shape index (κ3) is 3.18. The predicted octanol–water partition coefficient (Wildman–Crippen LogP) is 0.565. The van der Waals surface area contributed by atoms with Crippen LogP contribution in [0, 0.1) is 0 Å². The van der Waals surface area contributed by atoms with Crippen molar-refractivity contribution in [3.63, 3.8) is 0 Å². The Hall–Kier alpha value is -1.36. The van der Waals surface area contributed by atoms with Crippen LogP contribution in [0.15, 0.2) is 16.9 Å². The molecule has 1 unspecified atom stereocenters. The zero-order valence-electron chi connectivity index (χ0n) is 8.06. The van der Waals surface area contributed by atoms with Gasteiger partial charge in [0.2, 0.25) is 0 Å². The minimum atomic E-state index is -0.354. The van der Waals surface area contributed by atoms with Gasteiger partial charge in [-0.05, 0) is 12.8 Å². The SMILES string of the molecule is CCC(O)CCNC(=O)c1ccon1. The van der Waals surface area contributed by atoms with E-state index in [1.165, 1.54) is 12.3 Å². The Labute approximate surface area is 82.1 Å². The number of carbonyl (C=O) groups excluding carboxylic acids is 1. The minimum absolute atomic E-state index is 0.260. The lowest BCUT2D eigenvalue weighted by atomic mass is 10.2. The number of aromatic nitrogens is 1. The summed E-state index contributed by atoms with van der Waals surface area (Å²) >= 11 is 0. The normalized spacial score (nSPS) is 12.4. The molecule has 0 saturated heterocycles. The van der Waals surface area contributed by atoms with Crippen LogP contribution in [0.3, 0.4) is 0 Å². The molecule has 0 aliphatic heterocycles. The summed E-state index contributed by atoms with van der Waals surface area (Å²) in [6.45, 7) is 2.34. The molecular formula is C9H14N2O3. The highest BCUT2D eigenvalue weighted by Gasteiger charge is 2.08. The Morgan fingerprint density at radius 1 is 1.79 bits per heavy atom. The van der Waals surface area contributed by atoms with Crippen LogP contribution >= 0.6 is 0 Å². The first-order chi connectivity index (χ1) is 6.74. The number of aliphatic hydroxyl groups excluding tert-OH is 1. The maximum atomic E-state index is 11.3. The molecule has 0 spiro atoms. The molecule has 0 aliphatic rings. The van der Waals surface area contributed by atoms with Gasteiger partial charge >= 0.3 is 0 Å². The van der Waals surface area contributed by atoms with Gasteiger partial charge in [-0.2, -0.15) is 0 Å². The Morgan fingerprint density at radius 2 is 2.57 bits per heavy atom. The highest BCUT2D eigenvalue weighted by atomic mass is 16.5. The molecule has 5 heteroatoms. The summed E-state index contributed by atoms with van der Waals surface area (Å²) in [6.07, 6.45) is 2.24. The van der Waals surface area contributed by atoms with E-state index in [2.05, 4.69) is 15.0 Å². The monoisotopic (exact) mass is 198 g/mol. The number of hydrogen-bond donors (Lipinski definition) is 2. The van der Waals surface area contributed by atoms with Gasteiger partial charge in [0.1, 0.15) is 6.26 Å². The summed E-state index contributed by atoms with van der Waals surface area (Å²) in [6, 6.07) is 1.49. The van der Waals surface area contributed by atoms with Gasteiger partial charge in [0.05, 0.1) is 6.10 Å². The van der Waals surface area contributed by atoms with Gasteiger partial charge < -0.3 is 14.9 Å². The average molecular weight is 198 g/mol. The second-order valence-corrected chi connectivity index (χ2v) is 2.99. The molecule has 1 atom stereocenters. The molecule has 0 fully saturated rings. The van der Waals surface area contributed by atoms with Crippen LogP contribution in [-0.4, -0.2) is 28.8 Å². The Morgan fingerprint density at radius 3 is 3.14 bits per heavy atom. The van der Waals surface area contributed by atoms with Crippen LogP contribution in [0.1, 0.15) is 30.3 Å². The zero-order chi connectivity index (χ0) is 10.4. The zero-order valence-corrected chi connectivity index (χ0v) is 8.06. The van der Waals surface area contributed by atoms with Crippen LogP contribution in [0.25, 0.3) is 0 Å². The van der Waals surface area contributed by atoms with Gasteiger partial charge in [0.15, 0.2) is 5.69 Å². The number of amides is 1. The van der Waals surface area contributed by atoms with Crippen molar-refractivity contribution >= 4 is 5.91 Å². The predicted molar refractivity (Wildman–Crippen MR) is 49.8 cm³/mol. The van der Waals surface area contributed by atoms with Crippen molar-refractivity contribution in [2.75, 3.05) is 6.54 Å².